The molecule has 0 spiro atoms. The van der Waals surface area contributed by atoms with Gasteiger partial charge in [-0.25, -0.2) is 4.98 Å². The zero-order valence-corrected chi connectivity index (χ0v) is 24.8. The fourth-order valence-corrected chi connectivity index (χ4v) is 5.40. The van der Waals surface area contributed by atoms with Crippen LogP contribution in [0, 0.1) is 0 Å². The van der Waals surface area contributed by atoms with Crippen LogP contribution in [-0.2, 0) is 6.61 Å². The highest BCUT2D eigenvalue weighted by Crippen LogP contribution is 2.33. The summed E-state index contributed by atoms with van der Waals surface area (Å²) in [4.78, 5) is 18.5. The van der Waals surface area contributed by atoms with Crippen molar-refractivity contribution in [2.45, 2.75) is 13.5 Å². The zero-order chi connectivity index (χ0) is 30.8. The summed E-state index contributed by atoms with van der Waals surface area (Å²) < 4.78 is 25.1. The average molecular weight is 596 g/mol. The molecule has 0 N–H and O–H groups in total. The Hall–Kier alpha value is -5.89. The largest absolute Gasteiger partial charge is 0.496 e. The average Bonchev–Trinajstić information content (AvgIpc) is 3.52. The van der Waals surface area contributed by atoms with Crippen molar-refractivity contribution in [2.75, 3.05) is 13.7 Å². The van der Waals surface area contributed by atoms with Crippen LogP contribution in [0.5, 0.6) is 17.2 Å². The molecule has 0 fully saturated rings. The summed E-state index contributed by atoms with van der Waals surface area (Å²) in [6.45, 7) is 2.77. The number of furan rings is 1. The lowest BCUT2D eigenvalue weighted by molar-refractivity contribution is 0.270. The second-order valence-corrected chi connectivity index (χ2v) is 10.4. The van der Waals surface area contributed by atoms with Crippen LogP contribution in [0.2, 0.25) is 0 Å². The Labute approximate surface area is 258 Å². The highest BCUT2D eigenvalue weighted by Gasteiger charge is 2.18. The van der Waals surface area contributed by atoms with Gasteiger partial charge in [0.2, 0.25) is 5.82 Å². The maximum absolute atomic E-state index is 13.7. The molecule has 222 valence electrons. The van der Waals surface area contributed by atoms with E-state index in [2.05, 4.69) is 29.4 Å². The third-order valence-corrected chi connectivity index (χ3v) is 7.57. The van der Waals surface area contributed by atoms with Crippen molar-refractivity contribution >= 4 is 38.9 Å². The van der Waals surface area contributed by atoms with Crippen molar-refractivity contribution in [3.8, 4) is 28.8 Å². The Morgan fingerprint density at radius 1 is 0.800 bits per heavy atom. The molecule has 8 nitrogen and oxygen atoms in total. The van der Waals surface area contributed by atoms with E-state index in [0.29, 0.717) is 58.3 Å². The van der Waals surface area contributed by atoms with Crippen molar-refractivity contribution in [3.05, 3.63) is 131 Å². The summed E-state index contributed by atoms with van der Waals surface area (Å²) in [7, 11) is 1.60. The van der Waals surface area contributed by atoms with Crippen LogP contribution in [0.15, 0.2) is 124 Å². The Balaban J connectivity index is 1.25. The first-order chi connectivity index (χ1) is 22.1. The lowest BCUT2D eigenvalue weighted by atomic mass is 10.1. The van der Waals surface area contributed by atoms with E-state index in [-0.39, 0.29) is 11.4 Å². The number of hydrogen-bond donors (Lipinski definition) is 0. The van der Waals surface area contributed by atoms with E-state index in [1.807, 2.05) is 73.7 Å². The molecule has 0 aliphatic carbocycles. The number of methoxy groups -OCH3 is 1. The van der Waals surface area contributed by atoms with Crippen LogP contribution >= 0.6 is 0 Å². The number of para-hydroxylation sites is 1. The Bertz CT molecular complexity index is 2260. The minimum absolute atomic E-state index is 0.272. The Morgan fingerprint density at radius 2 is 1.60 bits per heavy atom. The van der Waals surface area contributed by atoms with Gasteiger partial charge in [-0.3, -0.25) is 4.79 Å². The normalized spacial score (nSPS) is 11.5. The summed E-state index contributed by atoms with van der Waals surface area (Å²) >= 11 is 0. The molecule has 5 aromatic carbocycles. The zero-order valence-electron chi connectivity index (χ0n) is 24.8. The molecule has 7 rings (SSSR count). The molecule has 0 atom stereocenters. The molecule has 7 aromatic rings. The molecule has 45 heavy (non-hydrogen) atoms. The van der Waals surface area contributed by atoms with Crippen molar-refractivity contribution < 1.29 is 18.6 Å². The molecule has 0 radical (unpaired) electrons. The lowest BCUT2D eigenvalue weighted by Crippen LogP contribution is -2.20. The maximum atomic E-state index is 13.7. The second kappa shape index (κ2) is 12.0. The molecular weight excluding hydrogens is 566 g/mol. The van der Waals surface area contributed by atoms with E-state index in [4.69, 9.17) is 23.6 Å². The van der Waals surface area contributed by atoms with Gasteiger partial charge in [-0.05, 0) is 77.4 Å². The number of rotatable bonds is 9. The molecule has 2 heterocycles. The smallest absolute Gasteiger partial charge is 0.282 e. The van der Waals surface area contributed by atoms with Crippen molar-refractivity contribution in [1.29, 1.82) is 0 Å². The van der Waals surface area contributed by atoms with E-state index in [0.717, 1.165) is 21.7 Å². The number of fused-ring (bicyclic) bond motifs is 3. The van der Waals surface area contributed by atoms with Gasteiger partial charge in [-0.15, -0.1) is 0 Å². The molecule has 0 aliphatic rings. The summed E-state index contributed by atoms with van der Waals surface area (Å²) in [6.07, 6.45) is 1.60. The van der Waals surface area contributed by atoms with E-state index in [1.54, 1.807) is 31.5 Å². The van der Waals surface area contributed by atoms with E-state index in [1.165, 1.54) is 4.68 Å². The Kier molecular flexibility index (Phi) is 7.45. The fourth-order valence-electron chi connectivity index (χ4n) is 5.40. The SMILES string of the molecule is CCOc1cc(C=Nn2c(-c3cc4c(OC)cccc4o3)nc3ccccc3c2=O)ccc1OCc1cccc2ccccc12. The first-order valence-electron chi connectivity index (χ1n) is 14.6. The highest BCUT2D eigenvalue weighted by molar-refractivity contribution is 5.89. The molecule has 8 heteroatoms. The van der Waals surface area contributed by atoms with Gasteiger partial charge < -0.3 is 18.6 Å². The third kappa shape index (κ3) is 5.38. The van der Waals surface area contributed by atoms with Gasteiger partial charge in [0.05, 0.1) is 36.2 Å². The quantitative estimate of drug-likeness (QED) is 0.158. The number of hydrogen-bond acceptors (Lipinski definition) is 7. The van der Waals surface area contributed by atoms with Crippen molar-refractivity contribution in [3.63, 3.8) is 0 Å². The third-order valence-electron chi connectivity index (χ3n) is 7.57. The van der Waals surface area contributed by atoms with Gasteiger partial charge in [-0.2, -0.15) is 9.78 Å². The predicted octanol–water partition coefficient (Wildman–Crippen LogP) is 7.83. The number of nitrogens with zero attached hydrogens (tertiary/aromatic N) is 3. The van der Waals surface area contributed by atoms with Crippen LogP contribution < -0.4 is 19.8 Å². The number of benzene rings is 5. The molecule has 0 aliphatic heterocycles. The maximum Gasteiger partial charge on any atom is 0.282 e. The standard InChI is InChI=1S/C37H29N3O5/c1-3-43-34-20-24(18-19-33(34)44-23-26-12-8-11-25-10-4-5-13-27(25)26)22-38-40-36(39-30-15-7-6-14-28(30)37(40)41)35-21-29-31(42-2)16-9-17-32(29)45-35/h4-22H,3,23H2,1-2H3. The Morgan fingerprint density at radius 3 is 2.47 bits per heavy atom. The fraction of sp³-hybridized carbons (Fsp3) is 0.108. The first kappa shape index (κ1) is 27.9. The van der Waals surface area contributed by atoms with E-state index in [9.17, 15) is 4.79 Å². The molecule has 0 amide bonds. The molecular formula is C37H29N3O5. The van der Waals surface area contributed by atoms with Crippen LogP contribution in [0.3, 0.4) is 0 Å². The van der Waals surface area contributed by atoms with Crippen LogP contribution in [0.25, 0.3) is 44.2 Å². The van der Waals surface area contributed by atoms with Crippen molar-refractivity contribution in [2.24, 2.45) is 5.10 Å². The van der Waals surface area contributed by atoms with Gasteiger partial charge in [-0.1, -0.05) is 60.7 Å². The highest BCUT2D eigenvalue weighted by atomic mass is 16.5. The molecule has 0 unspecified atom stereocenters. The van der Waals surface area contributed by atoms with Crippen molar-refractivity contribution in [1.82, 2.24) is 9.66 Å². The van der Waals surface area contributed by atoms with Crippen LogP contribution in [0.1, 0.15) is 18.1 Å². The summed E-state index contributed by atoms with van der Waals surface area (Å²) in [5.41, 5.74) is 2.64. The van der Waals surface area contributed by atoms with Gasteiger partial charge in [0.15, 0.2) is 17.3 Å². The second-order valence-electron chi connectivity index (χ2n) is 10.4. The molecule has 0 bridgehead atoms. The topological polar surface area (TPSA) is 88.1 Å². The van der Waals surface area contributed by atoms with Gasteiger partial charge in [0, 0.05) is 0 Å². The minimum Gasteiger partial charge on any atom is -0.496 e. The molecule has 0 saturated carbocycles. The van der Waals surface area contributed by atoms with Gasteiger partial charge in [0.1, 0.15) is 17.9 Å². The monoisotopic (exact) mass is 595 g/mol. The molecule has 2 aromatic heterocycles. The van der Waals surface area contributed by atoms with E-state index < -0.39 is 0 Å². The number of ether oxygens (including phenoxy) is 3. The summed E-state index contributed by atoms with van der Waals surface area (Å²) in [5, 5.41) is 8.13. The summed E-state index contributed by atoms with van der Waals surface area (Å²) in [5.74, 6) is 2.51. The molecule has 0 saturated heterocycles. The van der Waals surface area contributed by atoms with Crippen LogP contribution in [0.4, 0.5) is 0 Å². The predicted molar refractivity (Wildman–Crippen MR) is 177 cm³/mol. The first-order valence-corrected chi connectivity index (χ1v) is 14.6. The van der Waals surface area contributed by atoms with Crippen LogP contribution in [-0.4, -0.2) is 29.6 Å². The lowest BCUT2D eigenvalue weighted by Gasteiger charge is -2.14. The van der Waals surface area contributed by atoms with Gasteiger partial charge >= 0.3 is 0 Å². The minimum atomic E-state index is -0.320. The number of aromatic nitrogens is 2. The van der Waals surface area contributed by atoms with E-state index >= 15 is 0 Å². The van der Waals surface area contributed by atoms with Gasteiger partial charge in [0.25, 0.3) is 5.56 Å². The summed E-state index contributed by atoms with van der Waals surface area (Å²) in [6, 6.07) is 34.5.